The lowest BCUT2D eigenvalue weighted by molar-refractivity contribution is 0.415. The lowest BCUT2D eigenvalue weighted by Gasteiger charge is -2.05. The molecule has 0 atom stereocenters. The predicted molar refractivity (Wildman–Crippen MR) is 57.2 cm³/mol. The van der Waals surface area contributed by atoms with Gasteiger partial charge in [-0.25, -0.2) is 8.78 Å². The van der Waals surface area contributed by atoms with Crippen molar-refractivity contribution in [1.82, 2.24) is 0 Å². The summed E-state index contributed by atoms with van der Waals surface area (Å²) < 4.78 is 31.8. The molecule has 0 bridgehead atoms. The molecule has 2 aromatic rings. The molecule has 0 saturated carbocycles. The molecule has 16 heavy (non-hydrogen) atoms. The molecular weight excluding hydrogens is 210 g/mol. The molecule has 0 saturated heterocycles. The van der Waals surface area contributed by atoms with E-state index < -0.39 is 11.6 Å². The van der Waals surface area contributed by atoms with Gasteiger partial charge in [-0.3, -0.25) is 0 Å². The number of hydrogen-bond acceptors (Lipinski definition) is 1. The Morgan fingerprint density at radius 1 is 1.06 bits per heavy atom. The molecule has 1 nitrogen and oxygen atoms in total. The molecule has 1 radical (unpaired) electrons. The van der Waals surface area contributed by atoms with Gasteiger partial charge in [0.1, 0.15) is 17.4 Å². The number of ether oxygens (including phenoxy) is 1. The predicted octanol–water partition coefficient (Wildman–Crippen LogP) is 3.44. The van der Waals surface area contributed by atoms with Crippen molar-refractivity contribution in [1.29, 1.82) is 0 Å². The minimum absolute atomic E-state index is 0.0647. The maximum absolute atomic E-state index is 13.4. The van der Waals surface area contributed by atoms with Gasteiger partial charge in [0.05, 0.1) is 12.7 Å². The van der Waals surface area contributed by atoms with Crippen molar-refractivity contribution in [3.05, 3.63) is 54.1 Å². The second kappa shape index (κ2) is 4.31. The van der Waals surface area contributed by atoms with Crippen molar-refractivity contribution in [3.63, 3.8) is 0 Å². The smallest absolute Gasteiger partial charge is 0.141 e. The van der Waals surface area contributed by atoms with Crippen LogP contribution in [-0.4, -0.2) is 7.11 Å². The van der Waals surface area contributed by atoms with E-state index in [2.05, 4.69) is 6.07 Å². The Morgan fingerprint density at radius 3 is 2.31 bits per heavy atom. The van der Waals surface area contributed by atoms with Crippen LogP contribution in [0.5, 0.6) is 5.75 Å². The van der Waals surface area contributed by atoms with Gasteiger partial charge in [0.25, 0.3) is 0 Å². The highest BCUT2D eigenvalue weighted by molar-refractivity contribution is 5.65. The maximum atomic E-state index is 13.4. The Morgan fingerprint density at radius 2 is 1.75 bits per heavy atom. The van der Waals surface area contributed by atoms with E-state index in [0.29, 0.717) is 11.3 Å². The van der Waals surface area contributed by atoms with E-state index in [1.165, 1.54) is 19.2 Å². The van der Waals surface area contributed by atoms with Crippen LogP contribution in [-0.2, 0) is 0 Å². The van der Waals surface area contributed by atoms with Crippen LogP contribution in [0, 0.1) is 17.7 Å². The van der Waals surface area contributed by atoms with Gasteiger partial charge in [0.2, 0.25) is 0 Å². The summed E-state index contributed by atoms with van der Waals surface area (Å²) in [6.45, 7) is 0. The zero-order chi connectivity index (χ0) is 11.5. The molecule has 0 N–H and O–H groups in total. The van der Waals surface area contributed by atoms with E-state index >= 15 is 0 Å². The quantitative estimate of drug-likeness (QED) is 0.751. The fraction of sp³-hybridized carbons (Fsp3) is 0.0769. The highest BCUT2D eigenvalue weighted by atomic mass is 19.1. The molecule has 0 spiro atoms. The molecule has 2 aromatic carbocycles. The van der Waals surface area contributed by atoms with Crippen molar-refractivity contribution < 1.29 is 13.5 Å². The molecule has 3 heteroatoms. The van der Waals surface area contributed by atoms with Crippen molar-refractivity contribution in [2.75, 3.05) is 7.11 Å². The summed E-state index contributed by atoms with van der Waals surface area (Å²) >= 11 is 0. The average molecular weight is 219 g/mol. The zero-order valence-corrected chi connectivity index (χ0v) is 8.63. The summed E-state index contributed by atoms with van der Waals surface area (Å²) in [5, 5.41) is 0. The summed E-state index contributed by atoms with van der Waals surface area (Å²) in [6, 6.07) is 11.3. The number of halogens is 2. The third-order valence-corrected chi connectivity index (χ3v) is 2.28. The van der Waals surface area contributed by atoms with Crippen molar-refractivity contribution in [2.45, 2.75) is 0 Å². The van der Waals surface area contributed by atoms with Gasteiger partial charge >= 0.3 is 0 Å². The SMILES string of the molecule is COc1ccc(-c2c(F)[c]ccc2F)cc1. The first-order chi connectivity index (χ1) is 7.72. The van der Waals surface area contributed by atoms with Gasteiger partial charge in [-0.2, -0.15) is 0 Å². The second-order valence-electron chi connectivity index (χ2n) is 3.24. The molecule has 0 amide bonds. The molecule has 2 rings (SSSR count). The van der Waals surface area contributed by atoms with Gasteiger partial charge in [0.15, 0.2) is 0 Å². The van der Waals surface area contributed by atoms with Crippen molar-refractivity contribution in [2.24, 2.45) is 0 Å². The van der Waals surface area contributed by atoms with Crippen LogP contribution in [0.3, 0.4) is 0 Å². The molecule has 0 fully saturated rings. The molecule has 0 aliphatic rings. The van der Waals surface area contributed by atoms with Gasteiger partial charge in [0, 0.05) is 6.07 Å². The van der Waals surface area contributed by atoms with Gasteiger partial charge in [-0.1, -0.05) is 12.1 Å². The molecule has 0 aliphatic carbocycles. The van der Waals surface area contributed by atoms with E-state index in [1.807, 2.05) is 0 Å². The molecular formula is C13H9F2O. The number of hydrogen-bond donors (Lipinski definition) is 0. The molecule has 0 heterocycles. The zero-order valence-electron chi connectivity index (χ0n) is 8.63. The van der Waals surface area contributed by atoms with Crippen LogP contribution in [0.15, 0.2) is 36.4 Å². The summed E-state index contributed by atoms with van der Waals surface area (Å²) in [6.07, 6.45) is 0. The Balaban J connectivity index is 2.50. The van der Waals surface area contributed by atoms with Crippen LogP contribution in [0.25, 0.3) is 11.1 Å². The van der Waals surface area contributed by atoms with E-state index in [9.17, 15) is 8.78 Å². The summed E-state index contributed by atoms with van der Waals surface area (Å²) in [5.41, 5.74) is 0.401. The largest absolute Gasteiger partial charge is 0.497 e. The summed E-state index contributed by atoms with van der Waals surface area (Å²) in [7, 11) is 1.53. The van der Waals surface area contributed by atoms with Crippen molar-refractivity contribution >= 4 is 0 Å². The highest BCUT2D eigenvalue weighted by Gasteiger charge is 2.10. The minimum Gasteiger partial charge on any atom is -0.497 e. The van der Waals surface area contributed by atoms with E-state index in [1.54, 1.807) is 24.3 Å². The first kappa shape index (κ1) is 10.6. The van der Waals surface area contributed by atoms with Gasteiger partial charge in [-0.05, 0) is 29.8 Å². The third kappa shape index (κ3) is 1.89. The summed E-state index contributed by atoms with van der Waals surface area (Å²) in [5.74, 6) is -0.643. The number of rotatable bonds is 2. The Bertz CT molecular complexity index is 472. The minimum atomic E-state index is -0.690. The Kier molecular flexibility index (Phi) is 2.86. The lowest BCUT2D eigenvalue weighted by atomic mass is 10.0. The first-order valence-corrected chi connectivity index (χ1v) is 4.72. The molecule has 0 unspecified atom stereocenters. The van der Waals surface area contributed by atoms with E-state index in [-0.39, 0.29) is 5.56 Å². The normalized spacial score (nSPS) is 10.2. The van der Waals surface area contributed by atoms with Gasteiger partial charge < -0.3 is 4.74 Å². The molecule has 81 valence electrons. The van der Waals surface area contributed by atoms with E-state index in [0.717, 1.165) is 0 Å². The fourth-order valence-corrected chi connectivity index (χ4v) is 1.47. The standard InChI is InChI=1S/C13H9F2O/c1-16-10-7-5-9(6-8-10)13-11(14)3-2-4-12(13)15/h2-3,5-8H,1H3. The van der Waals surface area contributed by atoms with Crippen LogP contribution >= 0.6 is 0 Å². The van der Waals surface area contributed by atoms with E-state index in [4.69, 9.17) is 4.74 Å². The Hall–Kier alpha value is -1.90. The third-order valence-electron chi connectivity index (χ3n) is 2.28. The van der Waals surface area contributed by atoms with Crippen LogP contribution in [0.4, 0.5) is 8.78 Å². The first-order valence-electron chi connectivity index (χ1n) is 4.72. The molecule has 0 aliphatic heterocycles. The van der Waals surface area contributed by atoms with Crippen LogP contribution < -0.4 is 4.74 Å². The molecule has 0 aromatic heterocycles. The lowest BCUT2D eigenvalue weighted by Crippen LogP contribution is -1.90. The van der Waals surface area contributed by atoms with Crippen molar-refractivity contribution in [3.8, 4) is 16.9 Å². The average Bonchev–Trinajstić information content (AvgIpc) is 2.30. The maximum Gasteiger partial charge on any atom is 0.141 e. The second-order valence-corrected chi connectivity index (χ2v) is 3.24. The van der Waals surface area contributed by atoms with Crippen LogP contribution in [0.1, 0.15) is 0 Å². The van der Waals surface area contributed by atoms with Crippen LogP contribution in [0.2, 0.25) is 0 Å². The number of benzene rings is 2. The van der Waals surface area contributed by atoms with Gasteiger partial charge in [-0.15, -0.1) is 0 Å². The Labute approximate surface area is 92.3 Å². The number of methoxy groups -OCH3 is 1. The fourth-order valence-electron chi connectivity index (χ4n) is 1.47. The highest BCUT2D eigenvalue weighted by Crippen LogP contribution is 2.27. The summed E-state index contributed by atoms with van der Waals surface area (Å²) in [4.78, 5) is 0. The topological polar surface area (TPSA) is 9.23 Å². The monoisotopic (exact) mass is 219 g/mol.